The second-order valence-electron chi connectivity index (χ2n) is 8.36. The number of carbonyl (C=O) groups excluding carboxylic acids is 1. The first-order chi connectivity index (χ1) is 15.1. The number of nitrogens with zero attached hydrogens (tertiary/aromatic N) is 2. The molecule has 168 valence electrons. The van der Waals surface area contributed by atoms with Gasteiger partial charge in [0, 0.05) is 25.6 Å². The maximum atomic E-state index is 12.9. The first-order valence-corrected chi connectivity index (χ1v) is 12.6. The van der Waals surface area contributed by atoms with Crippen molar-refractivity contribution in [3.05, 3.63) is 54.5 Å². The van der Waals surface area contributed by atoms with Crippen molar-refractivity contribution in [3.8, 4) is 0 Å². The van der Waals surface area contributed by atoms with Gasteiger partial charge in [-0.05, 0) is 63.0 Å². The van der Waals surface area contributed by atoms with Crippen LogP contribution in [0.25, 0.3) is 0 Å². The standard InChI is InChI=1S/C23H31N3O4S/c27-23(24-18-21(22-10-7-17-30-22)25-13-5-2-6-14-25)19-11-15-26(16-12-19)31(28,29)20-8-3-1-4-9-20/h1,3-4,7-10,17,19,21H,2,5-6,11-16,18H2,(H,24,27)/t21-/m1/s1. The van der Waals surface area contributed by atoms with E-state index in [1.165, 1.54) is 23.6 Å². The third-order valence-corrected chi connectivity index (χ3v) is 8.29. The number of hydrogen-bond acceptors (Lipinski definition) is 5. The number of amides is 1. The molecule has 0 aliphatic carbocycles. The molecule has 2 saturated heterocycles. The lowest BCUT2D eigenvalue weighted by atomic mass is 9.97. The van der Waals surface area contributed by atoms with Gasteiger partial charge in [0.15, 0.2) is 0 Å². The van der Waals surface area contributed by atoms with Crippen molar-refractivity contribution in [2.24, 2.45) is 5.92 Å². The minimum Gasteiger partial charge on any atom is -0.468 e. The molecule has 31 heavy (non-hydrogen) atoms. The van der Waals surface area contributed by atoms with E-state index in [2.05, 4.69) is 10.2 Å². The molecule has 1 atom stereocenters. The van der Waals surface area contributed by atoms with Gasteiger partial charge in [-0.25, -0.2) is 8.42 Å². The van der Waals surface area contributed by atoms with E-state index in [0.29, 0.717) is 37.4 Å². The van der Waals surface area contributed by atoms with E-state index in [1.807, 2.05) is 12.1 Å². The quantitative estimate of drug-likeness (QED) is 0.708. The zero-order valence-corrected chi connectivity index (χ0v) is 18.6. The smallest absolute Gasteiger partial charge is 0.243 e. The zero-order valence-electron chi connectivity index (χ0n) is 17.8. The summed E-state index contributed by atoms with van der Waals surface area (Å²) in [6.07, 6.45) is 6.33. The van der Waals surface area contributed by atoms with Crippen molar-refractivity contribution in [3.63, 3.8) is 0 Å². The number of hydrogen-bond donors (Lipinski definition) is 1. The topological polar surface area (TPSA) is 82.9 Å². The maximum absolute atomic E-state index is 12.9. The molecule has 2 fully saturated rings. The summed E-state index contributed by atoms with van der Waals surface area (Å²) in [5.74, 6) is 0.720. The van der Waals surface area contributed by atoms with Crippen LogP contribution in [-0.4, -0.2) is 56.3 Å². The highest BCUT2D eigenvalue weighted by molar-refractivity contribution is 7.89. The lowest BCUT2D eigenvalue weighted by molar-refractivity contribution is -0.126. The van der Waals surface area contributed by atoms with Crippen LogP contribution in [0.15, 0.2) is 58.0 Å². The van der Waals surface area contributed by atoms with Crippen molar-refractivity contribution in [1.82, 2.24) is 14.5 Å². The summed E-state index contributed by atoms with van der Waals surface area (Å²) < 4.78 is 32.7. The lowest BCUT2D eigenvalue weighted by Crippen LogP contribution is -2.45. The summed E-state index contributed by atoms with van der Waals surface area (Å²) in [4.78, 5) is 15.5. The van der Waals surface area contributed by atoms with Crippen LogP contribution in [0.1, 0.15) is 43.9 Å². The first kappa shape index (κ1) is 22.0. The highest BCUT2D eigenvalue weighted by Crippen LogP contribution is 2.26. The van der Waals surface area contributed by atoms with Crippen LogP contribution in [0, 0.1) is 5.92 Å². The summed E-state index contributed by atoms with van der Waals surface area (Å²) in [5, 5.41) is 3.11. The third-order valence-electron chi connectivity index (χ3n) is 6.38. The van der Waals surface area contributed by atoms with Crippen molar-refractivity contribution in [2.45, 2.75) is 43.0 Å². The summed E-state index contributed by atoms with van der Waals surface area (Å²) in [5.41, 5.74) is 0. The van der Waals surface area contributed by atoms with E-state index in [9.17, 15) is 13.2 Å². The lowest BCUT2D eigenvalue weighted by Gasteiger charge is -2.34. The molecule has 1 amide bonds. The van der Waals surface area contributed by atoms with Gasteiger partial charge in [0.2, 0.25) is 15.9 Å². The molecule has 0 saturated carbocycles. The van der Waals surface area contributed by atoms with Gasteiger partial charge in [0.05, 0.1) is 17.2 Å². The van der Waals surface area contributed by atoms with E-state index in [0.717, 1.165) is 18.8 Å². The van der Waals surface area contributed by atoms with Gasteiger partial charge in [0.25, 0.3) is 0 Å². The molecule has 2 aliphatic heterocycles. The Morgan fingerprint density at radius 3 is 2.35 bits per heavy atom. The van der Waals surface area contributed by atoms with E-state index in [1.54, 1.807) is 36.6 Å². The monoisotopic (exact) mass is 445 g/mol. The van der Waals surface area contributed by atoms with E-state index in [-0.39, 0.29) is 17.9 Å². The van der Waals surface area contributed by atoms with Crippen LogP contribution < -0.4 is 5.32 Å². The normalized spacial score (nSPS) is 20.4. The van der Waals surface area contributed by atoms with Crippen molar-refractivity contribution in [1.29, 1.82) is 0 Å². The van der Waals surface area contributed by atoms with Crippen LogP contribution in [0.4, 0.5) is 0 Å². The van der Waals surface area contributed by atoms with Gasteiger partial charge in [-0.3, -0.25) is 9.69 Å². The Labute approximate surface area is 184 Å². The Hall–Kier alpha value is -2.16. The molecule has 0 spiro atoms. The molecule has 2 aromatic rings. The molecule has 0 unspecified atom stereocenters. The van der Waals surface area contributed by atoms with Crippen LogP contribution >= 0.6 is 0 Å². The molecule has 1 aromatic carbocycles. The van der Waals surface area contributed by atoms with Crippen LogP contribution in [0.3, 0.4) is 0 Å². The van der Waals surface area contributed by atoms with Crippen molar-refractivity contribution < 1.29 is 17.6 Å². The Kier molecular flexibility index (Phi) is 7.09. The van der Waals surface area contributed by atoms with Gasteiger partial charge in [-0.15, -0.1) is 0 Å². The molecule has 0 radical (unpaired) electrons. The Balaban J connectivity index is 1.32. The number of nitrogens with one attached hydrogen (secondary N) is 1. The Morgan fingerprint density at radius 2 is 1.71 bits per heavy atom. The van der Waals surface area contributed by atoms with Gasteiger partial charge >= 0.3 is 0 Å². The van der Waals surface area contributed by atoms with Crippen molar-refractivity contribution in [2.75, 3.05) is 32.7 Å². The molecule has 1 N–H and O–H groups in total. The maximum Gasteiger partial charge on any atom is 0.243 e. The second-order valence-corrected chi connectivity index (χ2v) is 10.3. The largest absolute Gasteiger partial charge is 0.468 e. The molecular weight excluding hydrogens is 414 g/mol. The third kappa shape index (κ3) is 5.19. The highest BCUT2D eigenvalue weighted by Gasteiger charge is 2.33. The Morgan fingerprint density at radius 1 is 1.00 bits per heavy atom. The van der Waals surface area contributed by atoms with Gasteiger partial charge in [0.1, 0.15) is 5.76 Å². The fourth-order valence-electron chi connectivity index (χ4n) is 4.56. The molecule has 4 rings (SSSR count). The number of piperidine rings is 2. The van der Waals surface area contributed by atoms with E-state index in [4.69, 9.17) is 4.42 Å². The summed E-state index contributed by atoms with van der Waals surface area (Å²) in [6.45, 7) is 3.26. The Bertz CT molecular complexity index is 932. The van der Waals surface area contributed by atoms with Crippen molar-refractivity contribution >= 4 is 15.9 Å². The average Bonchev–Trinajstić information content (AvgIpc) is 3.35. The number of carbonyl (C=O) groups is 1. The SMILES string of the molecule is O=C(NC[C@H](c1ccco1)N1CCCCC1)C1CCN(S(=O)(=O)c2ccccc2)CC1. The fourth-order valence-corrected chi connectivity index (χ4v) is 6.05. The molecule has 1 aromatic heterocycles. The number of benzene rings is 1. The summed E-state index contributed by atoms with van der Waals surface area (Å²) >= 11 is 0. The molecule has 8 heteroatoms. The van der Waals surface area contributed by atoms with Crippen LogP contribution in [0.5, 0.6) is 0 Å². The summed E-state index contributed by atoms with van der Waals surface area (Å²) in [6, 6.07) is 12.4. The van der Waals surface area contributed by atoms with Crippen LogP contribution in [0.2, 0.25) is 0 Å². The predicted octanol–water partition coefficient (Wildman–Crippen LogP) is 3.02. The molecule has 3 heterocycles. The molecule has 0 bridgehead atoms. The number of rotatable bonds is 7. The molecule has 7 nitrogen and oxygen atoms in total. The van der Waals surface area contributed by atoms with E-state index < -0.39 is 10.0 Å². The number of furan rings is 1. The first-order valence-electron chi connectivity index (χ1n) is 11.2. The summed E-state index contributed by atoms with van der Waals surface area (Å²) in [7, 11) is -3.50. The minimum absolute atomic E-state index is 0.00493. The molecule has 2 aliphatic rings. The highest BCUT2D eigenvalue weighted by atomic mass is 32.2. The number of likely N-dealkylation sites (tertiary alicyclic amines) is 1. The van der Waals surface area contributed by atoms with Gasteiger partial charge in [-0.2, -0.15) is 4.31 Å². The average molecular weight is 446 g/mol. The van der Waals surface area contributed by atoms with E-state index >= 15 is 0 Å². The molecular formula is C23H31N3O4S. The second kappa shape index (κ2) is 9.97. The minimum atomic E-state index is -3.50. The number of sulfonamides is 1. The fraction of sp³-hybridized carbons (Fsp3) is 0.522. The van der Waals surface area contributed by atoms with Crippen LogP contribution in [-0.2, 0) is 14.8 Å². The van der Waals surface area contributed by atoms with Gasteiger partial charge < -0.3 is 9.73 Å². The van der Waals surface area contributed by atoms with Gasteiger partial charge in [-0.1, -0.05) is 24.6 Å². The predicted molar refractivity (Wildman–Crippen MR) is 118 cm³/mol. The zero-order chi connectivity index (χ0) is 21.7.